The maximum absolute atomic E-state index is 12.3. The molecule has 0 aliphatic carbocycles. The monoisotopic (exact) mass is 300 g/mol. The van der Waals surface area contributed by atoms with Gasteiger partial charge >= 0.3 is 0 Å². The van der Waals surface area contributed by atoms with Crippen molar-refractivity contribution in [2.75, 3.05) is 0 Å². The van der Waals surface area contributed by atoms with Crippen molar-refractivity contribution in [3.8, 4) is 0 Å². The molecular weight excluding hydrogens is 276 g/mol. The number of nitrogens with zero attached hydrogens (tertiary/aromatic N) is 3. The highest BCUT2D eigenvalue weighted by Crippen LogP contribution is 2.16. The molecule has 2 rings (SSSR count). The molecule has 0 bridgehead atoms. The van der Waals surface area contributed by atoms with Crippen molar-refractivity contribution >= 4 is 5.91 Å². The first-order valence-corrected chi connectivity index (χ1v) is 7.78. The van der Waals surface area contributed by atoms with Crippen LogP contribution in [0.4, 0.5) is 0 Å². The van der Waals surface area contributed by atoms with Crippen molar-refractivity contribution in [2.24, 2.45) is 0 Å². The maximum atomic E-state index is 12.3. The summed E-state index contributed by atoms with van der Waals surface area (Å²) >= 11 is 0. The van der Waals surface area contributed by atoms with E-state index < -0.39 is 0 Å². The Labute approximate surface area is 131 Å². The van der Waals surface area contributed by atoms with E-state index in [2.05, 4.69) is 29.2 Å². The number of hydrogen-bond acceptors (Lipinski definition) is 3. The highest BCUT2D eigenvalue weighted by Gasteiger charge is 2.16. The molecular formula is C17H24N4O. The fourth-order valence-electron chi connectivity index (χ4n) is 2.79. The molecule has 2 aromatic rings. The molecule has 5 heteroatoms. The molecule has 5 nitrogen and oxygen atoms in total. The minimum Gasteiger partial charge on any atom is -0.348 e. The van der Waals surface area contributed by atoms with E-state index in [4.69, 9.17) is 0 Å². The molecule has 1 atom stereocenters. The Morgan fingerprint density at radius 2 is 1.95 bits per heavy atom. The number of carbonyl (C=O) groups is 1. The topological polar surface area (TPSA) is 59.8 Å². The molecule has 0 aliphatic rings. The van der Waals surface area contributed by atoms with Crippen LogP contribution < -0.4 is 5.32 Å². The molecule has 0 saturated heterocycles. The quantitative estimate of drug-likeness (QED) is 0.892. The predicted octanol–water partition coefficient (Wildman–Crippen LogP) is 2.72. The second-order valence-corrected chi connectivity index (χ2v) is 5.47. The zero-order valence-corrected chi connectivity index (χ0v) is 13.8. The van der Waals surface area contributed by atoms with Crippen molar-refractivity contribution in [1.29, 1.82) is 0 Å². The highest BCUT2D eigenvalue weighted by molar-refractivity contribution is 5.76. The summed E-state index contributed by atoms with van der Waals surface area (Å²) in [5.74, 6) is -0.0167. The van der Waals surface area contributed by atoms with Crippen LogP contribution in [-0.4, -0.2) is 20.7 Å². The minimum absolute atomic E-state index is 0.0121. The lowest BCUT2D eigenvalue weighted by molar-refractivity contribution is -0.122. The third-order valence-corrected chi connectivity index (χ3v) is 4.03. The first kappa shape index (κ1) is 16.2. The summed E-state index contributed by atoms with van der Waals surface area (Å²) < 4.78 is 1.79. The Kier molecular flexibility index (Phi) is 5.31. The van der Waals surface area contributed by atoms with Crippen molar-refractivity contribution in [3.05, 3.63) is 47.0 Å². The molecule has 0 aliphatic heterocycles. The van der Waals surface area contributed by atoms with E-state index in [9.17, 15) is 4.79 Å². The molecule has 2 aromatic heterocycles. The fraction of sp³-hybridized carbons (Fsp3) is 0.471. The lowest BCUT2D eigenvalue weighted by Crippen LogP contribution is -2.32. The van der Waals surface area contributed by atoms with Gasteiger partial charge in [0.05, 0.1) is 11.7 Å². The van der Waals surface area contributed by atoms with Crippen LogP contribution in [0.15, 0.2) is 24.5 Å². The number of aromatic nitrogens is 3. The van der Waals surface area contributed by atoms with Gasteiger partial charge < -0.3 is 5.32 Å². The summed E-state index contributed by atoms with van der Waals surface area (Å²) in [6.45, 7) is 8.44. The van der Waals surface area contributed by atoms with Gasteiger partial charge in [0.2, 0.25) is 5.91 Å². The normalized spacial score (nSPS) is 12.2. The van der Waals surface area contributed by atoms with Gasteiger partial charge in [0.25, 0.3) is 0 Å². The third-order valence-electron chi connectivity index (χ3n) is 4.03. The lowest BCUT2D eigenvalue weighted by atomic mass is 10.1. The summed E-state index contributed by atoms with van der Waals surface area (Å²) in [6.07, 6.45) is 5.28. The Morgan fingerprint density at radius 3 is 2.50 bits per heavy atom. The van der Waals surface area contributed by atoms with E-state index in [0.717, 1.165) is 29.8 Å². The molecule has 0 radical (unpaired) electrons. The van der Waals surface area contributed by atoms with Gasteiger partial charge in [0.1, 0.15) is 6.54 Å². The summed E-state index contributed by atoms with van der Waals surface area (Å²) in [5, 5.41) is 7.55. The van der Waals surface area contributed by atoms with Crippen molar-refractivity contribution in [3.63, 3.8) is 0 Å². The Hall–Kier alpha value is -2.17. The molecule has 22 heavy (non-hydrogen) atoms. The predicted molar refractivity (Wildman–Crippen MR) is 86.5 cm³/mol. The molecule has 1 amide bonds. The first-order valence-electron chi connectivity index (χ1n) is 7.78. The van der Waals surface area contributed by atoms with E-state index in [-0.39, 0.29) is 18.5 Å². The van der Waals surface area contributed by atoms with Crippen molar-refractivity contribution in [2.45, 2.75) is 53.1 Å². The van der Waals surface area contributed by atoms with E-state index in [1.165, 1.54) is 5.56 Å². The van der Waals surface area contributed by atoms with Crippen LogP contribution in [0.25, 0.3) is 0 Å². The average molecular weight is 300 g/mol. The van der Waals surface area contributed by atoms with Crippen molar-refractivity contribution in [1.82, 2.24) is 20.1 Å². The molecule has 0 spiro atoms. The average Bonchev–Trinajstić information content (AvgIpc) is 2.79. The van der Waals surface area contributed by atoms with Crippen molar-refractivity contribution < 1.29 is 4.79 Å². The Bertz CT molecular complexity index is 634. The van der Waals surface area contributed by atoms with Crippen LogP contribution in [-0.2, 0) is 17.8 Å². The van der Waals surface area contributed by atoms with E-state index in [0.29, 0.717) is 0 Å². The molecule has 0 fully saturated rings. The Balaban J connectivity index is 2.06. The number of amides is 1. The minimum atomic E-state index is -0.0167. The van der Waals surface area contributed by atoms with Gasteiger partial charge in [0, 0.05) is 18.1 Å². The van der Waals surface area contributed by atoms with Crippen LogP contribution in [0.3, 0.4) is 0 Å². The summed E-state index contributed by atoms with van der Waals surface area (Å²) in [6, 6.07) is 3.89. The van der Waals surface area contributed by atoms with Crippen LogP contribution in [0.5, 0.6) is 0 Å². The molecule has 0 aromatic carbocycles. The highest BCUT2D eigenvalue weighted by atomic mass is 16.2. The van der Waals surface area contributed by atoms with E-state index in [1.807, 2.05) is 26.0 Å². The maximum Gasteiger partial charge on any atom is 0.242 e. The Morgan fingerprint density at radius 1 is 1.27 bits per heavy atom. The SMILES string of the molecule is CCc1c(C)nn(CC(=O)N[C@@H](CC)c2ccncc2)c1C. The number of nitrogens with one attached hydrogen (secondary N) is 1. The molecule has 0 unspecified atom stereocenters. The van der Waals surface area contributed by atoms with Gasteiger partial charge in [-0.15, -0.1) is 0 Å². The number of aryl methyl sites for hydroxylation is 1. The van der Waals surface area contributed by atoms with Gasteiger partial charge in [-0.05, 0) is 49.9 Å². The molecule has 0 saturated carbocycles. The first-order chi connectivity index (χ1) is 10.6. The summed E-state index contributed by atoms with van der Waals surface area (Å²) in [7, 11) is 0. The fourth-order valence-corrected chi connectivity index (χ4v) is 2.79. The molecule has 2 heterocycles. The molecule has 118 valence electrons. The number of rotatable bonds is 6. The number of pyridine rings is 1. The van der Waals surface area contributed by atoms with E-state index in [1.54, 1.807) is 17.1 Å². The smallest absolute Gasteiger partial charge is 0.242 e. The van der Waals surface area contributed by atoms with Gasteiger partial charge in [-0.25, -0.2) is 0 Å². The van der Waals surface area contributed by atoms with E-state index >= 15 is 0 Å². The summed E-state index contributed by atoms with van der Waals surface area (Å²) in [4.78, 5) is 16.3. The number of carbonyl (C=O) groups excluding carboxylic acids is 1. The third kappa shape index (κ3) is 3.53. The zero-order chi connectivity index (χ0) is 16.1. The van der Waals surface area contributed by atoms with Crippen LogP contribution >= 0.6 is 0 Å². The lowest BCUT2D eigenvalue weighted by Gasteiger charge is -2.17. The van der Waals surface area contributed by atoms with Crippen LogP contribution in [0.2, 0.25) is 0 Å². The van der Waals surface area contributed by atoms with Gasteiger partial charge in [-0.1, -0.05) is 13.8 Å². The van der Waals surface area contributed by atoms with Gasteiger partial charge in [-0.2, -0.15) is 5.10 Å². The summed E-state index contributed by atoms with van der Waals surface area (Å²) in [5.41, 5.74) is 4.39. The standard InChI is InChI=1S/C17H24N4O/c1-5-15-12(3)20-21(13(15)4)11-17(22)19-16(6-2)14-7-9-18-10-8-14/h7-10,16H,5-6,11H2,1-4H3,(H,19,22)/t16-/m0/s1. The van der Waals surface area contributed by atoms with Gasteiger partial charge in [-0.3, -0.25) is 14.5 Å². The zero-order valence-electron chi connectivity index (χ0n) is 13.8. The molecule has 1 N–H and O–H groups in total. The van der Waals surface area contributed by atoms with Crippen LogP contribution in [0, 0.1) is 13.8 Å². The van der Waals surface area contributed by atoms with Crippen LogP contribution in [0.1, 0.15) is 48.8 Å². The second kappa shape index (κ2) is 7.20. The number of hydrogen-bond donors (Lipinski definition) is 1. The largest absolute Gasteiger partial charge is 0.348 e. The van der Waals surface area contributed by atoms with Gasteiger partial charge in [0.15, 0.2) is 0 Å². The second-order valence-electron chi connectivity index (χ2n) is 5.47.